The topological polar surface area (TPSA) is 158 Å². The highest BCUT2D eigenvalue weighted by molar-refractivity contribution is 5.37. The summed E-state index contributed by atoms with van der Waals surface area (Å²) >= 11 is 0. The molecule has 6 bridgehead atoms. The fourth-order valence-electron chi connectivity index (χ4n) is 6.06. The standard InChI is InChI=1S/C16H24O10/c1-13-4-15(22)7-2-16(13,14(7,5-18)12(25-13)26-15)24-11-10(21)9(20)8(19)6(3-17)23-11/h6-12,17-22H,2-5H2,1H3. The summed E-state index contributed by atoms with van der Waals surface area (Å²) < 4.78 is 23.2. The molecule has 7 rings (SSSR count). The van der Waals surface area contributed by atoms with Gasteiger partial charge in [0.1, 0.15) is 35.6 Å². The van der Waals surface area contributed by atoms with Gasteiger partial charge in [-0.05, 0) is 13.3 Å². The first-order valence-corrected chi connectivity index (χ1v) is 8.85. The molecule has 4 aliphatic heterocycles. The molecule has 0 aromatic rings. The van der Waals surface area contributed by atoms with Crippen LogP contribution in [0.1, 0.15) is 19.8 Å². The molecular formula is C16H24O10. The van der Waals surface area contributed by atoms with Crippen LogP contribution in [0.2, 0.25) is 0 Å². The first kappa shape index (κ1) is 17.7. The van der Waals surface area contributed by atoms with Crippen molar-refractivity contribution in [1.29, 1.82) is 0 Å². The molecule has 4 saturated heterocycles. The number of rotatable bonds is 4. The van der Waals surface area contributed by atoms with Crippen LogP contribution in [0, 0.1) is 11.3 Å². The van der Waals surface area contributed by atoms with E-state index in [9.17, 15) is 30.6 Å². The van der Waals surface area contributed by atoms with Gasteiger partial charge in [-0.1, -0.05) is 0 Å². The van der Waals surface area contributed by atoms with Gasteiger partial charge in [-0.2, -0.15) is 0 Å². The van der Waals surface area contributed by atoms with Gasteiger partial charge in [0, 0.05) is 12.3 Å². The van der Waals surface area contributed by atoms with Crippen LogP contribution in [0.25, 0.3) is 0 Å². The molecule has 148 valence electrons. The van der Waals surface area contributed by atoms with E-state index in [-0.39, 0.29) is 18.9 Å². The Morgan fingerprint density at radius 2 is 1.81 bits per heavy atom. The molecule has 0 aromatic heterocycles. The fourth-order valence-corrected chi connectivity index (χ4v) is 6.06. The molecule has 11 unspecified atom stereocenters. The lowest BCUT2D eigenvalue weighted by Crippen LogP contribution is -2.80. The van der Waals surface area contributed by atoms with E-state index in [1.54, 1.807) is 6.92 Å². The molecule has 3 aliphatic carbocycles. The lowest BCUT2D eigenvalue weighted by Gasteiger charge is -2.67. The fraction of sp³-hybridized carbons (Fsp3) is 1.00. The molecule has 7 aliphatic rings. The van der Waals surface area contributed by atoms with Gasteiger partial charge in [-0.3, -0.25) is 0 Å². The van der Waals surface area contributed by atoms with E-state index in [0.717, 1.165) is 0 Å². The molecule has 10 nitrogen and oxygen atoms in total. The normalized spacial score (nSPS) is 65.4. The second-order valence-electron chi connectivity index (χ2n) is 8.42. The van der Waals surface area contributed by atoms with Gasteiger partial charge >= 0.3 is 0 Å². The third-order valence-corrected chi connectivity index (χ3v) is 7.38. The first-order valence-electron chi connectivity index (χ1n) is 8.85. The zero-order valence-electron chi connectivity index (χ0n) is 14.2. The summed E-state index contributed by atoms with van der Waals surface area (Å²) in [5.74, 6) is -1.77. The second kappa shape index (κ2) is 4.95. The van der Waals surface area contributed by atoms with Crippen LogP contribution in [0.4, 0.5) is 0 Å². The summed E-state index contributed by atoms with van der Waals surface area (Å²) in [6, 6.07) is 0. The molecule has 6 N–H and O–H groups in total. The summed E-state index contributed by atoms with van der Waals surface area (Å²) in [7, 11) is 0. The van der Waals surface area contributed by atoms with E-state index in [0.29, 0.717) is 6.42 Å². The number of aliphatic hydroxyl groups is 6. The maximum atomic E-state index is 10.8. The third kappa shape index (κ3) is 1.61. The van der Waals surface area contributed by atoms with Gasteiger partial charge in [0.15, 0.2) is 18.4 Å². The zero-order valence-corrected chi connectivity index (χ0v) is 14.2. The average Bonchev–Trinajstić information content (AvgIpc) is 2.77. The van der Waals surface area contributed by atoms with Crippen molar-refractivity contribution in [3.8, 4) is 0 Å². The van der Waals surface area contributed by atoms with E-state index in [1.807, 2.05) is 0 Å². The molecule has 4 heterocycles. The van der Waals surface area contributed by atoms with Gasteiger partial charge in [-0.25, -0.2) is 0 Å². The third-order valence-electron chi connectivity index (χ3n) is 7.38. The molecule has 11 atom stereocenters. The first-order chi connectivity index (χ1) is 12.2. The molecule has 0 radical (unpaired) electrons. The molecule has 0 amide bonds. The van der Waals surface area contributed by atoms with Crippen molar-refractivity contribution in [2.45, 2.75) is 73.8 Å². The summed E-state index contributed by atoms with van der Waals surface area (Å²) in [6.45, 7) is 0.840. The highest BCUT2D eigenvalue weighted by atomic mass is 16.8. The Labute approximate surface area is 148 Å². The largest absolute Gasteiger partial charge is 0.395 e. The van der Waals surface area contributed by atoms with Crippen molar-refractivity contribution in [3.05, 3.63) is 0 Å². The van der Waals surface area contributed by atoms with Crippen LogP contribution in [0.5, 0.6) is 0 Å². The number of aliphatic hydroxyl groups excluding tert-OH is 5. The van der Waals surface area contributed by atoms with Gasteiger partial charge in [0.2, 0.25) is 0 Å². The van der Waals surface area contributed by atoms with Crippen LogP contribution in [-0.4, -0.2) is 97.8 Å². The molecule has 26 heavy (non-hydrogen) atoms. The Bertz CT molecular complexity index is 630. The lowest BCUT2D eigenvalue weighted by molar-refractivity contribution is -0.424. The van der Waals surface area contributed by atoms with Gasteiger partial charge < -0.3 is 49.6 Å². The van der Waals surface area contributed by atoms with Crippen LogP contribution >= 0.6 is 0 Å². The maximum absolute atomic E-state index is 10.8. The molecule has 0 aromatic carbocycles. The Balaban J connectivity index is 1.50. The molecular weight excluding hydrogens is 352 g/mol. The van der Waals surface area contributed by atoms with Crippen molar-refractivity contribution in [3.63, 3.8) is 0 Å². The number of hydrogen-bond acceptors (Lipinski definition) is 10. The average molecular weight is 376 g/mol. The summed E-state index contributed by atoms with van der Waals surface area (Å²) in [5, 5.41) is 60.6. The minimum atomic E-state index is -1.56. The Morgan fingerprint density at radius 3 is 2.46 bits per heavy atom. The van der Waals surface area contributed by atoms with Crippen molar-refractivity contribution >= 4 is 0 Å². The monoisotopic (exact) mass is 376 g/mol. The maximum Gasteiger partial charge on any atom is 0.187 e. The molecule has 0 spiro atoms. The predicted molar refractivity (Wildman–Crippen MR) is 79.1 cm³/mol. The van der Waals surface area contributed by atoms with Crippen molar-refractivity contribution in [2.24, 2.45) is 11.3 Å². The van der Waals surface area contributed by atoms with Crippen molar-refractivity contribution < 1.29 is 49.6 Å². The molecule has 10 heteroatoms. The van der Waals surface area contributed by atoms with Crippen LogP contribution in [-0.2, 0) is 18.9 Å². The summed E-state index contributed by atoms with van der Waals surface area (Å²) in [5.41, 5.74) is -3.09. The van der Waals surface area contributed by atoms with E-state index >= 15 is 0 Å². The molecule has 7 fully saturated rings. The summed E-state index contributed by atoms with van der Waals surface area (Å²) in [6.07, 6.45) is -7.43. The van der Waals surface area contributed by atoms with E-state index < -0.39 is 66.0 Å². The minimum absolute atomic E-state index is 0.139. The highest BCUT2D eigenvalue weighted by Gasteiger charge is 2.94. The van der Waals surface area contributed by atoms with E-state index in [1.165, 1.54) is 0 Å². The predicted octanol–water partition coefficient (Wildman–Crippen LogP) is -3.22. The smallest absolute Gasteiger partial charge is 0.187 e. The number of hydrogen-bond donors (Lipinski definition) is 6. The number of ether oxygens (including phenoxy) is 4. The van der Waals surface area contributed by atoms with Crippen LogP contribution in [0.15, 0.2) is 0 Å². The van der Waals surface area contributed by atoms with Gasteiger partial charge in [0.25, 0.3) is 0 Å². The molecule has 3 saturated carbocycles. The van der Waals surface area contributed by atoms with Gasteiger partial charge in [-0.15, -0.1) is 0 Å². The Morgan fingerprint density at radius 1 is 1.08 bits per heavy atom. The van der Waals surface area contributed by atoms with Crippen molar-refractivity contribution in [1.82, 2.24) is 0 Å². The Kier molecular flexibility index (Phi) is 3.37. The van der Waals surface area contributed by atoms with E-state index in [4.69, 9.17) is 18.9 Å². The van der Waals surface area contributed by atoms with Gasteiger partial charge in [0.05, 0.1) is 18.6 Å². The Hall–Kier alpha value is -0.400. The van der Waals surface area contributed by atoms with Crippen LogP contribution < -0.4 is 0 Å². The van der Waals surface area contributed by atoms with Crippen LogP contribution in [0.3, 0.4) is 0 Å². The summed E-state index contributed by atoms with van der Waals surface area (Å²) in [4.78, 5) is 0. The van der Waals surface area contributed by atoms with Crippen molar-refractivity contribution in [2.75, 3.05) is 13.2 Å². The minimum Gasteiger partial charge on any atom is -0.395 e. The quantitative estimate of drug-likeness (QED) is 0.295. The lowest BCUT2D eigenvalue weighted by atomic mass is 9.41. The second-order valence-corrected chi connectivity index (χ2v) is 8.42. The SMILES string of the molecule is CC12CC3(O)OC(O1)C1(CO)C3CC21OC1OC(CO)C(O)C(O)C1O. The highest BCUT2D eigenvalue weighted by Crippen LogP contribution is 2.81. The zero-order chi connectivity index (χ0) is 18.7. The van der Waals surface area contributed by atoms with E-state index in [2.05, 4.69) is 0 Å².